The third-order valence-electron chi connectivity index (χ3n) is 10.1. The first-order valence-corrected chi connectivity index (χ1v) is 16.9. The van der Waals surface area contributed by atoms with Gasteiger partial charge in [-0.2, -0.15) is 0 Å². The van der Waals surface area contributed by atoms with Crippen LogP contribution in [0.5, 0.6) is 0 Å². The second-order valence-electron chi connectivity index (χ2n) is 13.2. The lowest BCUT2D eigenvalue weighted by molar-refractivity contribution is 0.538. The third kappa shape index (κ3) is 5.50. The lowest BCUT2D eigenvalue weighted by atomic mass is 9.65. The fourth-order valence-corrected chi connectivity index (χ4v) is 7.62. The van der Waals surface area contributed by atoms with Crippen LogP contribution in [-0.4, -0.2) is 0 Å². The molecule has 0 nitrogen and oxygen atoms in total. The van der Waals surface area contributed by atoms with Gasteiger partial charge in [-0.15, -0.1) is 0 Å². The van der Waals surface area contributed by atoms with Crippen LogP contribution in [0.25, 0.3) is 57.2 Å². The van der Waals surface area contributed by atoms with Crippen molar-refractivity contribution in [3.8, 4) is 33.4 Å². The highest BCUT2D eigenvalue weighted by molar-refractivity contribution is 5.91. The second-order valence-corrected chi connectivity index (χ2v) is 13.2. The molecule has 1 spiro atoms. The van der Waals surface area contributed by atoms with Crippen molar-refractivity contribution in [2.75, 3.05) is 0 Å². The zero-order chi connectivity index (χ0) is 32.5. The SMILES string of the molecule is C=C1/C=c2/cccc/c2=C/CC2(C/C=C\C=C/c3ccccc32)c2ccc(-c3cccc(-c4cccc(-c5cccc(C)c5)c4)c3)cc21. The summed E-state index contributed by atoms with van der Waals surface area (Å²) in [6.45, 7) is 6.87. The molecule has 0 aliphatic heterocycles. The van der Waals surface area contributed by atoms with Gasteiger partial charge in [0.2, 0.25) is 0 Å². The van der Waals surface area contributed by atoms with E-state index in [4.69, 9.17) is 6.58 Å². The summed E-state index contributed by atoms with van der Waals surface area (Å²) in [5.74, 6) is 0. The van der Waals surface area contributed by atoms with Crippen molar-refractivity contribution in [2.24, 2.45) is 0 Å². The van der Waals surface area contributed by atoms with Gasteiger partial charge in [-0.1, -0.05) is 164 Å². The summed E-state index contributed by atoms with van der Waals surface area (Å²) < 4.78 is 0. The average molecular weight is 615 g/mol. The predicted octanol–water partition coefficient (Wildman–Crippen LogP) is 10.9. The highest BCUT2D eigenvalue weighted by Crippen LogP contribution is 2.46. The number of rotatable bonds is 3. The number of aryl methyl sites for hydroxylation is 1. The van der Waals surface area contributed by atoms with E-state index in [1.54, 1.807) is 0 Å². The molecule has 230 valence electrons. The van der Waals surface area contributed by atoms with Gasteiger partial charge in [0.15, 0.2) is 0 Å². The van der Waals surface area contributed by atoms with Gasteiger partial charge in [-0.3, -0.25) is 0 Å². The Kier molecular flexibility index (Phi) is 7.71. The molecule has 6 aromatic carbocycles. The lowest BCUT2D eigenvalue weighted by Crippen LogP contribution is -2.30. The summed E-state index contributed by atoms with van der Waals surface area (Å²) in [6, 6.07) is 51.3. The molecule has 2 aliphatic rings. The molecule has 2 aliphatic carbocycles. The topological polar surface area (TPSA) is 0 Å². The van der Waals surface area contributed by atoms with Crippen LogP contribution >= 0.6 is 0 Å². The van der Waals surface area contributed by atoms with Gasteiger partial charge < -0.3 is 0 Å². The molecule has 6 aromatic rings. The maximum absolute atomic E-state index is 4.72. The summed E-state index contributed by atoms with van der Waals surface area (Å²) in [6.07, 6.45) is 15.5. The molecular weight excluding hydrogens is 577 g/mol. The molecule has 1 atom stereocenters. The molecule has 0 fully saturated rings. The molecule has 0 amide bonds. The first-order valence-electron chi connectivity index (χ1n) is 16.9. The van der Waals surface area contributed by atoms with Gasteiger partial charge in [0.25, 0.3) is 0 Å². The fourth-order valence-electron chi connectivity index (χ4n) is 7.62. The number of hydrogen-bond donors (Lipinski definition) is 0. The first kappa shape index (κ1) is 29.7. The molecule has 48 heavy (non-hydrogen) atoms. The predicted molar refractivity (Wildman–Crippen MR) is 206 cm³/mol. The van der Waals surface area contributed by atoms with Gasteiger partial charge in [0, 0.05) is 5.41 Å². The van der Waals surface area contributed by atoms with E-state index in [2.05, 4.69) is 183 Å². The maximum Gasteiger partial charge on any atom is 0.0284 e. The highest BCUT2D eigenvalue weighted by atomic mass is 14.4. The van der Waals surface area contributed by atoms with E-state index < -0.39 is 0 Å². The van der Waals surface area contributed by atoms with E-state index in [0.29, 0.717) is 0 Å². The monoisotopic (exact) mass is 614 g/mol. The van der Waals surface area contributed by atoms with Crippen LogP contribution in [0, 0.1) is 6.92 Å². The first-order chi connectivity index (χ1) is 23.6. The Hall–Kier alpha value is -5.72. The minimum Gasteiger partial charge on any atom is -0.0911 e. The molecule has 0 heteroatoms. The van der Waals surface area contributed by atoms with Crippen LogP contribution in [0.15, 0.2) is 164 Å². The Morgan fingerprint density at radius 1 is 0.521 bits per heavy atom. The van der Waals surface area contributed by atoms with E-state index in [1.165, 1.54) is 71.6 Å². The molecular formula is C48H38. The normalized spacial score (nSPS) is 19.3. The molecule has 0 aromatic heterocycles. The molecule has 0 bridgehead atoms. The quantitative estimate of drug-likeness (QED) is 0.186. The number of benzene rings is 6. The van der Waals surface area contributed by atoms with Crippen LogP contribution in [0.1, 0.15) is 40.7 Å². The van der Waals surface area contributed by atoms with Crippen LogP contribution in [0.3, 0.4) is 0 Å². The molecule has 0 saturated carbocycles. The van der Waals surface area contributed by atoms with Crippen LogP contribution in [0.4, 0.5) is 0 Å². The summed E-state index contributed by atoms with van der Waals surface area (Å²) in [5, 5.41) is 2.46. The van der Waals surface area contributed by atoms with Crippen molar-refractivity contribution in [3.63, 3.8) is 0 Å². The fraction of sp³-hybridized carbons (Fsp3) is 0.0833. The highest BCUT2D eigenvalue weighted by Gasteiger charge is 2.36. The summed E-state index contributed by atoms with van der Waals surface area (Å²) in [7, 11) is 0. The van der Waals surface area contributed by atoms with Gasteiger partial charge in [-0.05, 0) is 116 Å². The average Bonchev–Trinajstić information content (AvgIpc) is 3.17. The van der Waals surface area contributed by atoms with E-state index in [1.807, 2.05) is 0 Å². The Morgan fingerprint density at radius 2 is 1.15 bits per heavy atom. The Balaban J connectivity index is 1.29. The summed E-state index contributed by atoms with van der Waals surface area (Å²) in [5.41, 5.74) is 14.5. The van der Waals surface area contributed by atoms with Crippen molar-refractivity contribution in [2.45, 2.75) is 25.2 Å². The maximum atomic E-state index is 4.72. The minimum atomic E-state index is -0.252. The van der Waals surface area contributed by atoms with E-state index in [0.717, 1.165) is 18.4 Å². The summed E-state index contributed by atoms with van der Waals surface area (Å²) >= 11 is 0. The molecule has 0 radical (unpaired) electrons. The number of fused-ring (bicyclic) bond motifs is 5. The van der Waals surface area contributed by atoms with Crippen molar-refractivity contribution < 1.29 is 0 Å². The van der Waals surface area contributed by atoms with E-state index in [-0.39, 0.29) is 5.41 Å². The Bertz CT molecular complexity index is 2380. The summed E-state index contributed by atoms with van der Waals surface area (Å²) in [4.78, 5) is 0. The van der Waals surface area contributed by atoms with Crippen LogP contribution < -0.4 is 10.4 Å². The van der Waals surface area contributed by atoms with Gasteiger partial charge >= 0.3 is 0 Å². The van der Waals surface area contributed by atoms with E-state index in [9.17, 15) is 0 Å². The van der Waals surface area contributed by atoms with Crippen LogP contribution in [0.2, 0.25) is 0 Å². The van der Waals surface area contributed by atoms with Gasteiger partial charge in [0.1, 0.15) is 0 Å². The zero-order valence-electron chi connectivity index (χ0n) is 27.4. The lowest BCUT2D eigenvalue weighted by Gasteiger charge is -2.37. The van der Waals surface area contributed by atoms with E-state index >= 15 is 0 Å². The van der Waals surface area contributed by atoms with Crippen molar-refractivity contribution in [1.82, 2.24) is 0 Å². The zero-order valence-corrected chi connectivity index (χ0v) is 27.4. The number of hydrogen-bond acceptors (Lipinski definition) is 0. The molecule has 0 N–H and O–H groups in total. The number of allylic oxidation sites excluding steroid dienone is 4. The Morgan fingerprint density at radius 3 is 1.88 bits per heavy atom. The second kappa shape index (κ2) is 12.5. The smallest absolute Gasteiger partial charge is 0.0284 e. The Labute approximate surface area is 284 Å². The molecule has 0 saturated heterocycles. The van der Waals surface area contributed by atoms with Crippen molar-refractivity contribution >= 4 is 23.8 Å². The molecule has 1 unspecified atom stereocenters. The van der Waals surface area contributed by atoms with Gasteiger partial charge in [-0.25, -0.2) is 0 Å². The standard InChI is InChI=1S/C48H38/c1-34-13-10-18-38(29-34)40-19-11-20-41(31-40)42-21-12-22-43(32-42)44-24-25-47-45(33-44)35(2)30-39-17-6-5-14-36(39)26-28-48(47)27-9-3-4-15-37-16-7-8-23-46(37)48/h3-26,29-33H,2,27-28H2,1H3/b9-3-,15-4-,36-26-,39-30-. The van der Waals surface area contributed by atoms with Crippen LogP contribution in [-0.2, 0) is 5.41 Å². The minimum absolute atomic E-state index is 0.252. The van der Waals surface area contributed by atoms with Crippen molar-refractivity contribution in [3.05, 3.63) is 203 Å². The van der Waals surface area contributed by atoms with Crippen molar-refractivity contribution in [1.29, 1.82) is 0 Å². The third-order valence-corrected chi connectivity index (χ3v) is 10.1. The van der Waals surface area contributed by atoms with Gasteiger partial charge in [0.05, 0.1) is 0 Å². The largest absolute Gasteiger partial charge is 0.0911 e. The molecule has 0 heterocycles. The molecule has 8 rings (SSSR count).